The standard InChI is InChI=1S/C11H13NO3/c1-6(2)11(15)10(12)7-3-4-8(13)9(14)5-7/h3-6,12-14H,1-2H3. The van der Waals surface area contributed by atoms with Gasteiger partial charge in [0.25, 0.3) is 0 Å². The smallest absolute Gasteiger partial charge is 0.183 e. The molecule has 3 N–H and O–H groups in total. The third-order valence-corrected chi connectivity index (χ3v) is 2.03. The summed E-state index contributed by atoms with van der Waals surface area (Å²) in [5.74, 6) is -1.13. The van der Waals surface area contributed by atoms with Crippen molar-refractivity contribution in [2.24, 2.45) is 5.92 Å². The molecule has 0 saturated carbocycles. The lowest BCUT2D eigenvalue weighted by Crippen LogP contribution is -2.19. The Bertz CT molecular complexity index is 410. The number of Topliss-reactive ketones (excluding diaryl/α,β-unsaturated/α-hetero) is 1. The van der Waals surface area contributed by atoms with Crippen LogP contribution in [0, 0.1) is 11.3 Å². The number of phenols is 2. The second kappa shape index (κ2) is 4.13. The Morgan fingerprint density at radius 2 is 1.87 bits per heavy atom. The highest BCUT2D eigenvalue weighted by molar-refractivity contribution is 6.45. The van der Waals surface area contributed by atoms with E-state index in [2.05, 4.69) is 0 Å². The second-order valence-electron chi connectivity index (χ2n) is 3.60. The predicted molar refractivity (Wildman–Crippen MR) is 56.4 cm³/mol. The molecule has 0 aliphatic carbocycles. The second-order valence-corrected chi connectivity index (χ2v) is 3.60. The topological polar surface area (TPSA) is 81.4 Å². The highest BCUT2D eigenvalue weighted by atomic mass is 16.3. The lowest BCUT2D eigenvalue weighted by Gasteiger charge is -2.06. The van der Waals surface area contributed by atoms with Gasteiger partial charge < -0.3 is 10.2 Å². The van der Waals surface area contributed by atoms with Gasteiger partial charge >= 0.3 is 0 Å². The summed E-state index contributed by atoms with van der Waals surface area (Å²) < 4.78 is 0. The molecule has 0 spiro atoms. The van der Waals surface area contributed by atoms with E-state index in [4.69, 9.17) is 10.5 Å². The molecular formula is C11H13NO3. The molecule has 0 aliphatic rings. The van der Waals surface area contributed by atoms with Crippen molar-refractivity contribution in [3.05, 3.63) is 23.8 Å². The highest BCUT2D eigenvalue weighted by Crippen LogP contribution is 2.25. The number of nitrogens with one attached hydrogen (secondary N) is 1. The monoisotopic (exact) mass is 207 g/mol. The zero-order chi connectivity index (χ0) is 11.6. The van der Waals surface area contributed by atoms with E-state index in [0.29, 0.717) is 5.56 Å². The molecule has 0 heterocycles. The Morgan fingerprint density at radius 3 is 2.33 bits per heavy atom. The molecule has 1 rings (SSSR count). The lowest BCUT2D eigenvalue weighted by molar-refractivity contribution is -0.115. The van der Waals surface area contributed by atoms with Crippen LogP contribution in [-0.4, -0.2) is 21.7 Å². The Labute approximate surface area is 87.7 Å². The SMILES string of the molecule is CC(C)C(=O)C(=N)c1ccc(O)c(O)c1. The number of benzene rings is 1. The summed E-state index contributed by atoms with van der Waals surface area (Å²) in [7, 11) is 0. The number of phenolic OH excluding ortho intramolecular Hbond substituents is 2. The minimum absolute atomic E-state index is 0.152. The van der Waals surface area contributed by atoms with Gasteiger partial charge in [-0.3, -0.25) is 10.2 Å². The molecule has 4 nitrogen and oxygen atoms in total. The number of ketones is 1. The van der Waals surface area contributed by atoms with Gasteiger partial charge in [0.15, 0.2) is 17.3 Å². The summed E-state index contributed by atoms with van der Waals surface area (Å²) in [5.41, 5.74) is 0.157. The van der Waals surface area contributed by atoms with Crippen LogP contribution in [-0.2, 0) is 4.79 Å². The van der Waals surface area contributed by atoms with Gasteiger partial charge in [0, 0.05) is 11.5 Å². The van der Waals surface area contributed by atoms with Crippen LogP contribution in [0.15, 0.2) is 18.2 Å². The molecule has 80 valence electrons. The van der Waals surface area contributed by atoms with Gasteiger partial charge in [-0.1, -0.05) is 13.8 Å². The van der Waals surface area contributed by atoms with Gasteiger partial charge in [0.05, 0.1) is 0 Å². The number of aromatic hydroxyl groups is 2. The maximum absolute atomic E-state index is 11.5. The molecule has 0 bridgehead atoms. The Kier molecular flexibility index (Phi) is 3.09. The van der Waals surface area contributed by atoms with Crippen molar-refractivity contribution in [2.45, 2.75) is 13.8 Å². The summed E-state index contributed by atoms with van der Waals surface area (Å²) in [6.45, 7) is 3.41. The van der Waals surface area contributed by atoms with Crippen molar-refractivity contribution in [3.63, 3.8) is 0 Å². The number of rotatable bonds is 3. The normalized spacial score (nSPS) is 10.3. The summed E-state index contributed by atoms with van der Waals surface area (Å²) in [5, 5.41) is 25.9. The average Bonchev–Trinajstić information content (AvgIpc) is 2.19. The molecular weight excluding hydrogens is 194 g/mol. The molecule has 0 saturated heterocycles. The Balaban J connectivity index is 3.02. The van der Waals surface area contributed by atoms with Crippen molar-refractivity contribution >= 4 is 11.5 Å². The van der Waals surface area contributed by atoms with E-state index in [1.54, 1.807) is 13.8 Å². The van der Waals surface area contributed by atoms with Crippen molar-refractivity contribution in [3.8, 4) is 11.5 Å². The number of carbonyl (C=O) groups excluding carboxylic acids is 1. The van der Waals surface area contributed by atoms with Crippen LogP contribution in [0.3, 0.4) is 0 Å². The highest BCUT2D eigenvalue weighted by Gasteiger charge is 2.16. The largest absolute Gasteiger partial charge is 0.504 e. The predicted octanol–water partition coefficient (Wildman–Crippen LogP) is 1.69. The molecule has 0 amide bonds. The Morgan fingerprint density at radius 1 is 1.27 bits per heavy atom. The minimum atomic E-state index is -0.325. The lowest BCUT2D eigenvalue weighted by atomic mass is 9.98. The summed E-state index contributed by atoms with van der Waals surface area (Å²) >= 11 is 0. The van der Waals surface area contributed by atoms with Crippen molar-refractivity contribution < 1.29 is 15.0 Å². The van der Waals surface area contributed by atoms with Crippen molar-refractivity contribution in [1.29, 1.82) is 5.41 Å². The van der Waals surface area contributed by atoms with Gasteiger partial charge in [-0.2, -0.15) is 0 Å². The van der Waals surface area contributed by atoms with Crippen LogP contribution in [0.5, 0.6) is 11.5 Å². The first kappa shape index (κ1) is 11.2. The van der Waals surface area contributed by atoms with Gasteiger partial charge in [-0.25, -0.2) is 0 Å². The van der Waals surface area contributed by atoms with Crippen LogP contribution in [0.1, 0.15) is 19.4 Å². The third-order valence-electron chi connectivity index (χ3n) is 2.03. The minimum Gasteiger partial charge on any atom is -0.504 e. The molecule has 4 heteroatoms. The van der Waals surface area contributed by atoms with Crippen LogP contribution in [0.25, 0.3) is 0 Å². The van der Waals surface area contributed by atoms with Crippen LogP contribution in [0.4, 0.5) is 0 Å². The van der Waals surface area contributed by atoms with E-state index in [1.807, 2.05) is 0 Å². The molecule has 0 aliphatic heterocycles. The average molecular weight is 207 g/mol. The van der Waals surface area contributed by atoms with E-state index in [9.17, 15) is 9.90 Å². The molecule has 0 radical (unpaired) electrons. The van der Waals surface area contributed by atoms with E-state index >= 15 is 0 Å². The first-order chi connectivity index (χ1) is 6.93. The molecule has 0 atom stereocenters. The first-order valence-corrected chi connectivity index (χ1v) is 4.58. The molecule has 1 aromatic rings. The first-order valence-electron chi connectivity index (χ1n) is 4.58. The molecule has 1 aromatic carbocycles. The number of carbonyl (C=O) groups is 1. The molecule has 0 unspecified atom stereocenters. The van der Waals surface area contributed by atoms with E-state index in [1.165, 1.54) is 18.2 Å². The quantitative estimate of drug-likeness (QED) is 0.521. The number of hydrogen-bond donors (Lipinski definition) is 3. The number of hydrogen-bond acceptors (Lipinski definition) is 4. The van der Waals surface area contributed by atoms with E-state index in [-0.39, 0.29) is 28.9 Å². The van der Waals surface area contributed by atoms with Gasteiger partial charge in [-0.05, 0) is 18.2 Å². The molecule has 0 aromatic heterocycles. The van der Waals surface area contributed by atoms with Crippen LogP contribution in [0.2, 0.25) is 0 Å². The summed E-state index contributed by atoms with van der Waals surface area (Å²) in [6.07, 6.45) is 0. The van der Waals surface area contributed by atoms with Gasteiger partial charge in [0.1, 0.15) is 5.71 Å². The van der Waals surface area contributed by atoms with Crippen LogP contribution < -0.4 is 0 Å². The van der Waals surface area contributed by atoms with Crippen molar-refractivity contribution in [2.75, 3.05) is 0 Å². The zero-order valence-corrected chi connectivity index (χ0v) is 8.61. The van der Waals surface area contributed by atoms with Crippen LogP contribution >= 0.6 is 0 Å². The molecule has 15 heavy (non-hydrogen) atoms. The fraction of sp³-hybridized carbons (Fsp3) is 0.273. The summed E-state index contributed by atoms with van der Waals surface area (Å²) in [4.78, 5) is 11.5. The Hall–Kier alpha value is -1.84. The van der Waals surface area contributed by atoms with Gasteiger partial charge in [-0.15, -0.1) is 0 Å². The molecule has 0 fully saturated rings. The van der Waals surface area contributed by atoms with Gasteiger partial charge in [0.2, 0.25) is 0 Å². The fourth-order valence-corrected chi connectivity index (χ4v) is 1.11. The fourth-order valence-electron chi connectivity index (χ4n) is 1.11. The van der Waals surface area contributed by atoms with Crippen molar-refractivity contribution in [1.82, 2.24) is 0 Å². The maximum atomic E-state index is 11.5. The zero-order valence-electron chi connectivity index (χ0n) is 8.61. The van der Waals surface area contributed by atoms with E-state index in [0.717, 1.165) is 0 Å². The maximum Gasteiger partial charge on any atom is 0.183 e. The third kappa shape index (κ3) is 2.34. The summed E-state index contributed by atoms with van der Waals surface area (Å²) in [6, 6.07) is 3.89. The van der Waals surface area contributed by atoms with E-state index < -0.39 is 0 Å².